The van der Waals surface area contributed by atoms with Crippen LogP contribution in [0.25, 0.3) is 11.0 Å². The quantitative estimate of drug-likeness (QED) is 0.347. The number of aromatic nitrogens is 2. The van der Waals surface area contributed by atoms with Gasteiger partial charge in [-0.3, -0.25) is 13.9 Å². The monoisotopic (exact) mass is 620 g/mol. The van der Waals surface area contributed by atoms with E-state index in [1.54, 1.807) is 28.3 Å². The fourth-order valence-electron chi connectivity index (χ4n) is 6.14. The van der Waals surface area contributed by atoms with Crippen LogP contribution in [0, 0.1) is 8.99 Å². The summed E-state index contributed by atoms with van der Waals surface area (Å²) in [6.45, 7) is 1.92. The molecular weight excluding hydrogens is 589 g/mol. The van der Waals surface area contributed by atoms with E-state index in [0.29, 0.717) is 22.2 Å². The van der Waals surface area contributed by atoms with Crippen molar-refractivity contribution < 1.29 is 13.6 Å². The van der Waals surface area contributed by atoms with E-state index in [4.69, 9.17) is 0 Å². The maximum Gasteiger partial charge on any atom is 0.329 e. The Hall–Kier alpha value is -2.43. The predicted molar refractivity (Wildman–Crippen MR) is 150 cm³/mol. The van der Waals surface area contributed by atoms with Gasteiger partial charge in [-0.1, -0.05) is 0 Å². The van der Waals surface area contributed by atoms with Crippen molar-refractivity contribution in [2.24, 2.45) is 12.5 Å². The first kappa shape index (κ1) is 24.9. The number of rotatable bonds is 4. The van der Waals surface area contributed by atoms with E-state index >= 15 is 0 Å². The zero-order chi connectivity index (χ0) is 25.9. The molecule has 1 spiro atoms. The second kappa shape index (κ2) is 9.10. The first-order valence-electron chi connectivity index (χ1n) is 13.1. The zero-order valence-electron chi connectivity index (χ0n) is 20.9. The Morgan fingerprint density at radius 1 is 0.973 bits per heavy atom. The minimum absolute atomic E-state index is 0.195. The van der Waals surface area contributed by atoms with Gasteiger partial charge in [-0.15, -0.1) is 0 Å². The van der Waals surface area contributed by atoms with Crippen molar-refractivity contribution in [1.82, 2.24) is 9.13 Å². The summed E-state index contributed by atoms with van der Waals surface area (Å²) in [6.07, 6.45) is 5.09. The molecule has 6 nitrogen and oxygen atoms in total. The van der Waals surface area contributed by atoms with Gasteiger partial charge in [0.25, 0.3) is 5.91 Å². The second-order valence-electron chi connectivity index (χ2n) is 11.1. The molecule has 3 fully saturated rings. The van der Waals surface area contributed by atoms with E-state index in [0.717, 1.165) is 27.9 Å². The molecular formula is C28H31F2IN4O2. The number of nitrogens with one attached hydrogen (secondary N) is 1. The number of carbonyl (C=O) groups excluding carboxylic acids is 1. The number of anilines is 2. The summed E-state index contributed by atoms with van der Waals surface area (Å²) in [6, 6.07) is 11.0. The van der Waals surface area contributed by atoms with Crippen molar-refractivity contribution in [2.75, 3.05) is 23.3 Å². The molecule has 0 atom stereocenters. The molecule has 196 valence electrons. The number of alkyl halides is 2. The highest BCUT2D eigenvalue weighted by Gasteiger charge is 2.44. The van der Waals surface area contributed by atoms with Gasteiger partial charge in [-0.25, -0.2) is 13.6 Å². The molecule has 0 radical (unpaired) electrons. The first-order valence-corrected chi connectivity index (χ1v) is 14.2. The van der Waals surface area contributed by atoms with Crippen LogP contribution in [0.15, 0.2) is 41.2 Å². The summed E-state index contributed by atoms with van der Waals surface area (Å²) in [5.74, 6) is -2.86. The number of piperidine rings is 1. The van der Waals surface area contributed by atoms with Crippen molar-refractivity contribution in [1.29, 1.82) is 0 Å². The lowest BCUT2D eigenvalue weighted by Gasteiger charge is -2.35. The molecule has 2 saturated carbocycles. The molecule has 1 saturated heterocycles. The zero-order valence-corrected chi connectivity index (χ0v) is 23.1. The fourth-order valence-corrected chi connectivity index (χ4v) is 6.61. The van der Waals surface area contributed by atoms with E-state index in [-0.39, 0.29) is 43.3 Å². The largest absolute Gasteiger partial charge is 0.371 e. The van der Waals surface area contributed by atoms with Crippen LogP contribution in [-0.2, 0) is 7.05 Å². The third-order valence-corrected chi connectivity index (χ3v) is 9.40. The van der Waals surface area contributed by atoms with Gasteiger partial charge in [0.15, 0.2) is 0 Å². The maximum absolute atomic E-state index is 13.8. The summed E-state index contributed by atoms with van der Waals surface area (Å²) in [5.41, 5.74) is 3.89. The number of fused-ring (bicyclic) bond motifs is 1. The molecule has 2 heterocycles. The van der Waals surface area contributed by atoms with Gasteiger partial charge in [0.05, 0.1) is 22.3 Å². The van der Waals surface area contributed by atoms with E-state index in [1.807, 2.05) is 18.2 Å². The van der Waals surface area contributed by atoms with Gasteiger partial charge in [0.2, 0.25) is 5.92 Å². The number of carbonyl (C=O) groups is 1. The number of halogens is 3. The highest BCUT2D eigenvalue weighted by Crippen LogP contribution is 2.54. The molecule has 1 aromatic heterocycles. The van der Waals surface area contributed by atoms with Crippen LogP contribution < -0.4 is 15.9 Å². The standard InChI is InChI=1S/C28H31F2IN4O2/c1-33-22-5-3-19(17-24(22)35(26(33)37)20-6-8-28(29,30)9-7-20)32-25(36)21-4-2-18(31)16-23(21)34-14-12-27(10-11-27)13-15-34/h2-5,16-17,20H,6-15H2,1H3,(H,32,36). The van der Waals surface area contributed by atoms with Crippen LogP contribution in [0.1, 0.15) is 67.8 Å². The molecule has 1 N–H and O–H groups in total. The summed E-state index contributed by atoms with van der Waals surface area (Å²) < 4.78 is 31.8. The highest BCUT2D eigenvalue weighted by atomic mass is 127. The molecule has 0 unspecified atom stereocenters. The van der Waals surface area contributed by atoms with E-state index in [1.165, 1.54) is 25.7 Å². The van der Waals surface area contributed by atoms with Gasteiger partial charge in [-0.05, 0) is 103 Å². The number of benzene rings is 2. The molecule has 1 amide bonds. The Balaban J connectivity index is 1.28. The number of imidazole rings is 1. The van der Waals surface area contributed by atoms with Crippen molar-refractivity contribution in [2.45, 2.75) is 63.3 Å². The number of hydrogen-bond donors (Lipinski definition) is 1. The van der Waals surface area contributed by atoms with Crippen molar-refractivity contribution in [3.05, 3.63) is 56.0 Å². The third-order valence-electron chi connectivity index (χ3n) is 8.73. The first-order chi connectivity index (χ1) is 17.6. The summed E-state index contributed by atoms with van der Waals surface area (Å²) in [7, 11) is 1.69. The lowest BCUT2D eigenvalue weighted by molar-refractivity contribution is -0.0439. The molecule has 3 aromatic rings. The highest BCUT2D eigenvalue weighted by molar-refractivity contribution is 14.1. The van der Waals surface area contributed by atoms with Crippen LogP contribution in [0.4, 0.5) is 20.2 Å². The Kier molecular flexibility index (Phi) is 6.12. The Bertz CT molecular complexity index is 1420. The molecule has 37 heavy (non-hydrogen) atoms. The molecule has 0 bridgehead atoms. The SMILES string of the molecule is Cn1c(=O)n(C2CCC(F)(F)CC2)c2cc(NC(=O)c3ccc(I)cc3N3CCC4(CC3)CC4)ccc21. The average Bonchev–Trinajstić information content (AvgIpc) is 3.58. The van der Waals surface area contributed by atoms with Crippen LogP contribution in [-0.4, -0.2) is 34.1 Å². The van der Waals surface area contributed by atoms with Crippen LogP contribution in [0.3, 0.4) is 0 Å². The maximum atomic E-state index is 13.8. The number of amides is 1. The molecule has 2 aliphatic carbocycles. The minimum atomic E-state index is -2.66. The van der Waals surface area contributed by atoms with Crippen molar-refractivity contribution >= 4 is 50.9 Å². The predicted octanol–water partition coefficient (Wildman–Crippen LogP) is 6.33. The van der Waals surface area contributed by atoms with Gasteiger partial charge in [0.1, 0.15) is 0 Å². The molecule has 6 rings (SSSR count). The molecule has 3 aliphatic rings. The van der Waals surface area contributed by atoms with Gasteiger partial charge >= 0.3 is 5.69 Å². The Morgan fingerprint density at radius 3 is 2.35 bits per heavy atom. The van der Waals surface area contributed by atoms with Crippen molar-refractivity contribution in [3.63, 3.8) is 0 Å². The van der Waals surface area contributed by atoms with E-state index in [2.05, 4.69) is 38.9 Å². The van der Waals surface area contributed by atoms with E-state index < -0.39 is 5.92 Å². The van der Waals surface area contributed by atoms with Crippen LogP contribution in [0.5, 0.6) is 0 Å². The van der Waals surface area contributed by atoms with Gasteiger partial charge in [-0.2, -0.15) is 0 Å². The van der Waals surface area contributed by atoms with Crippen LogP contribution >= 0.6 is 22.6 Å². The van der Waals surface area contributed by atoms with Crippen molar-refractivity contribution in [3.8, 4) is 0 Å². The molecule has 1 aliphatic heterocycles. The molecule has 9 heteroatoms. The number of hydrogen-bond acceptors (Lipinski definition) is 3. The summed E-state index contributed by atoms with van der Waals surface area (Å²) >= 11 is 2.29. The average molecular weight is 620 g/mol. The van der Waals surface area contributed by atoms with Gasteiger partial charge in [0, 0.05) is 48.3 Å². The van der Waals surface area contributed by atoms with Crippen LogP contribution in [0.2, 0.25) is 0 Å². The normalized spacial score (nSPS) is 20.9. The second-order valence-corrected chi connectivity index (χ2v) is 12.4. The Morgan fingerprint density at radius 2 is 1.68 bits per heavy atom. The lowest BCUT2D eigenvalue weighted by Crippen LogP contribution is -2.35. The lowest BCUT2D eigenvalue weighted by atomic mass is 9.92. The number of nitrogens with zero attached hydrogens (tertiary/aromatic N) is 3. The Labute approximate surface area is 228 Å². The summed E-state index contributed by atoms with van der Waals surface area (Å²) in [4.78, 5) is 28.9. The van der Waals surface area contributed by atoms with E-state index in [9.17, 15) is 18.4 Å². The fraction of sp³-hybridized carbons (Fsp3) is 0.500. The molecule has 2 aromatic carbocycles. The third kappa shape index (κ3) is 4.68. The van der Waals surface area contributed by atoms with Gasteiger partial charge < -0.3 is 10.2 Å². The summed E-state index contributed by atoms with van der Waals surface area (Å²) in [5, 5.41) is 3.04. The minimum Gasteiger partial charge on any atom is -0.371 e. The smallest absolute Gasteiger partial charge is 0.329 e. The topological polar surface area (TPSA) is 59.3 Å². The number of aryl methyl sites for hydroxylation is 1.